The Balaban J connectivity index is 1.52. The second kappa shape index (κ2) is 5.15. The summed E-state index contributed by atoms with van der Waals surface area (Å²) in [4.78, 5) is 13.8. The van der Waals surface area contributed by atoms with E-state index < -0.39 is 9.84 Å². The smallest absolute Gasteiger partial charge is 0.317 e. The maximum Gasteiger partial charge on any atom is 0.317 e. The Labute approximate surface area is 130 Å². The zero-order valence-electron chi connectivity index (χ0n) is 12.7. The van der Waals surface area contributed by atoms with Crippen LogP contribution in [0.25, 0.3) is 0 Å². The van der Waals surface area contributed by atoms with E-state index in [-0.39, 0.29) is 29.0 Å². The number of methoxy groups -OCH3 is 1. The Morgan fingerprint density at radius 1 is 1.27 bits per heavy atom. The molecule has 0 saturated carbocycles. The van der Waals surface area contributed by atoms with Crippen molar-refractivity contribution in [2.24, 2.45) is 5.41 Å². The fourth-order valence-electron chi connectivity index (χ4n) is 3.23. The molecule has 6 nitrogen and oxygen atoms in total. The van der Waals surface area contributed by atoms with Gasteiger partial charge in [-0.1, -0.05) is 12.1 Å². The molecule has 1 aromatic rings. The van der Waals surface area contributed by atoms with E-state index in [9.17, 15) is 13.2 Å². The van der Waals surface area contributed by atoms with E-state index in [0.29, 0.717) is 13.1 Å². The van der Waals surface area contributed by atoms with Crippen LogP contribution < -0.4 is 10.1 Å². The van der Waals surface area contributed by atoms with Crippen molar-refractivity contribution in [2.75, 3.05) is 31.7 Å². The normalized spacial score (nSPS) is 22.4. The molecule has 22 heavy (non-hydrogen) atoms. The summed E-state index contributed by atoms with van der Waals surface area (Å²) >= 11 is 0. The molecule has 2 aliphatic rings. The van der Waals surface area contributed by atoms with Gasteiger partial charge >= 0.3 is 6.03 Å². The lowest BCUT2D eigenvalue weighted by Crippen LogP contribution is -2.70. The minimum absolute atomic E-state index is 0.111. The van der Waals surface area contributed by atoms with E-state index in [4.69, 9.17) is 4.74 Å². The number of sulfone groups is 1. The highest BCUT2D eigenvalue weighted by Crippen LogP contribution is 2.41. The molecular weight excluding hydrogens is 304 g/mol. The van der Waals surface area contributed by atoms with Crippen molar-refractivity contribution in [1.29, 1.82) is 0 Å². The molecule has 1 aromatic carbocycles. The van der Waals surface area contributed by atoms with Crippen LogP contribution in [0.15, 0.2) is 24.3 Å². The van der Waals surface area contributed by atoms with Gasteiger partial charge in [-0.25, -0.2) is 13.2 Å². The number of hydrogen-bond acceptors (Lipinski definition) is 4. The minimum Gasteiger partial charge on any atom is -0.497 e. The Morgan fingerprint density at radius 2 is 1.86 bits per heavy atom. The number of rotatable bonds is 3. The molecule has 1 unspecified atom stereocenters. The van der Waals surface area contributed by atoms with Gasteiger partial charge in [0.1, 0.15) is 5.75 Å². The van der Waals surface area contributed by atoms with Crippen LogP contribution in [0.1, 0.15) is 18.5 Å². The topological polar surface area (TPSA) is 75.7 Å². The Hall–Kier alpha value is -1.76. The number of nitrogens with one attached hydrogen (secondary N) is 1. The van der Waals surface area contributed by atoms with Gasteiger partial charge in [-0.3, -0.25) is 0 Å². The highest BCUT2D eigenvalue weighted by atomic mass is 32.2. The summed E-state index contributed by atoms with van der Waals surface area (Å²) in [6.45, 7) is 2.99. The first-order valence-corrected chi connectivity index (χ1v) is 9.04. The first-order chi connectivity index (χ1) is 10.3. The number of carbonyl (C=O) groups is 1. The number of benzene rings is 1. The van der Waals surface area contributed by atoms with Crippen LogP contribution in [0.4, 0.5) is 4.79 Å². The van der Waals surface area contributed by atoms with Gasteiger partial charge in [0.25, 0.3) is 0 Å². The van der Waals surface area contributed by atoms with Crippen molar-refractivity contribution in [3.05, 3.63) is 29.8 Å². The predicted octanol–water partition coefficient (Wildman–Crippen LogP) is 1.20. The average molecular weight is 324 g/mol. The van der Waals surface area contributed by atoms with Crippen LogP contribution in [0.5, 0.6) is 5.75 Å². The third-order valence-electron chi connectivity index (χ3n) is 4.35. The number of nitrogens with zero attached hydrogens (tertiary/aromatic N) is 1. The van der Waals surface area contributed by atoms with Crippen LogP contribution in [-0.4, -0.2) is 51.1 Å². The zero-order chi connectivity index (χ0) is 16.0. The number of hydrogen-bond donors (Lipinski definition) is 1. The van der Waals surface area contributed by atoms with E-state index in [1.807, 2.05) is 31.2 Å². The molecule has 0 aromatic heterocycles. The largest absolute Gasteiger partial charge is 0.497 e. The Kier molecular flexibility index (Phi) is 3.55. The molecule has 2 amide bonds. The first kappa shape index (κ1) is 15.1. The Morgan fingerprint density at radius 3 is 2.36 bits per heavy atom. The van der Waals surface area contributed by atoms with Crippen molar-refractivity contribution in [3.63, 3.8) is 0 Å². The lowest BCUT2D eigenvalue weighted by molar-refractivity contribution is 0.0540. The van der Waals surface area contributed by atoms with Crippen LogP contribution in [-0.2, 0) is 9.84 Å². The second-order valence-electron chi connectivity index (χ2n) is 6.33. The molecule has 2 fully saturated rings. The quantitative estimate of drug-likeness (QED) is 0.906. The highest BCUT2D eigenvalue weighted by Gasteiger charge is 2.57. The second-order valence-corrected chi connectivity index (χ2v) is 8.40. The molecule has 7 heteroatoms. The summed E-state index contributed by atoms with van der Waals surface area (Å²) in [7, 11) is -1.23. The summed E-state index contributed by atoms with van der Waals surface area (Å²) in [5.74, 6) is 1.22. The van der Waals surface area contributed by atoms with Crippen LogP contribution in [0.2, 0.25) is 0 Å². The first-order valence-electron chi connectivity index (χ1n) is 7.22. The summed E-state index contributed by atoms with van der Waals surface area (Å²) in [6, 6.07) is 7.30. The summed E-state index contributed by atoms with van der Waals surface area (Å²) < 4.78 is 27.6. The third-order valence-corrected chi connectivity index (χ3v) is 6.45. The van der Waals surface area contributed by atoms with Crippen LogP contribution in [0, 0.1) is 5.41 Å². The van der Waals surface area contributed by atoms with Gasteiger partial charge in [0.2, 0.25) is 0 Å². The molecular formula is C15H20N2O4S. The molecule has 1 spiro atoms. The van der Waals surface area contributed by atoms with E-state index >= 15 is 0 Å². The molecule has 2 heterocycles. The summed E-state index contributed by atoms with van der Waals surface area (Å²) in [5, 5.41) is 2.94. The number of carbonyl (C=O) groups excluding carboxylic acids is 1. The monoisotopic (exact) mass is 324 g/mol. The minimum atomic E-state index is -2.84. The number of urea groups is 1. The van der Waals surface area contributed by atoms with Gasteiger partial charge in [0.05, 0.1) is 24.7 Å². The van der Waals surface area contributed by atoms with Crippen molar-refractivity contribution < 1.29 is 17.9 Å². The summed E-state index contributed by atoms with van der Waals surface area (Å²) in [6.07, 6.45) is 0. The summed E-state index contributed by atoms with van der Waals surface area (Å²) in [5.41, 5.74) is 0.829. The molecule has 0 aliphatic carbocycles. The maximum absolute atomic E-state index is 12.2. The van der Waals surface area contributed by atoms with E-state index in [1.54, 1.807) is 12.0 Å². The fraction of sp³-hybridized carbons (Fsp3) is 0.533. The molecule has 2 saturated heterocycles. The average Bonchev–Trinajstić information content (AvgIpc) is 2.41. The predicted molar refractivity (Wildman–Crippen MR) is 82.6 cm³/mol. The van der Waals surface area contributed by atoms with Gasteiger partial charge < -0.3 is 15.0 Å². The molecule has 1 atom stereocenters. The van der Waals surface area contributed by atoms with Gasteiger partial charge in [-0.15, -0.1) is 0 Å². The van der Waals surface area contributed by atoms with E-state index in [1.165, 1.54) is 0 Å². The van der Waals surface area contributed by atoms with Gasteiger partial charge in [-0.2, -0.15) is 0 Å². The number of likely N-dealkylation sites (tertiary alicyclic amines) is 1. The van der Waals surface area contributed by atoms with Crippen LogP contribution >= 0.6 is 0 Å². The van der Waals surface area contributed by atoms with Crippen molar-refractivity contribution >= 4 is 15.9 Å². The zero-order valence-corrected chi connectivity index (χ0v) is 13.5. The van der Waals surface area contributed by atoms with E-state index in [2.05, 4.69) is 5.32 Å². The van der Waals surface area contributed by atoms with Crippen LogP contribution in [0.3, 0.4) is 0 Å². The van der Waals surface area contributed by atoms with Crippen molar-refractivity contribution in [2.45, 2.75) is 13.0 Å². The SMILES string of the molecule is COc1ccc(C(C)NC(=O)N2CC3(C2)CS(=O)(=O)C3)cc1. The lowest BCUT2D eigenvalue weighted by atomic mass is 9.83. The van der Waals surface area contributed by atoms with Gasteiger partial charge in [-0.05, 0) is 24.6 Å². The lowest BCUT2D eigenvalue weighted by Gasteiger charge is -2.54. The molecule has 0 radical (unpaired) electrons. The standard InChI is InChI=1S/C15H20N2O4S/c1-11(12-3-5-13(21-2)6-4-12)16-14(18)17-7-15(8-17)9-22(19,20)10-15/h3-6,11H,7-10H2,1-2H3,(H,16,18). The third kappa shape index (κ3) is 2.77. The molecule has 120 valence electrons. The highest BCUT2D eigenvalue weighted by molar-refractivity contribution is 7.92. The Bertz CT molecular complexity index is 664. The van der Waals surface area contributed by atoms with Gasteiger partial charge in [0.15, 0.2) is 9.84 Å². The molecule has 1 N–H and O–H groups in total. The molecule has 3 rings (SSSR count). The number of ether oxygens (including phenoxy) is 1. The molecule has 0 bridgehead atoms. The molecule has 2 aliphatic heterocycles. The number of amides is 2. The van der Waals surface area contributed by atoms with E-state index in [0.717, 1.165) is 11.3 Å². The van der Waals surface area contributed by atoms with Crippen molar-refractivity contribution in [1.82, 2.24) is 10.2 Å². The fourth-order valence-corrected chi connectivity index (χ4v) is 5.38. The van der Waals surface area contributed by atoms with Crippen molar-refractivity contribution in [3.8, 4) is 5.75 Å². The van der Waals surface area contributed by atoms with Gasteiger partial charge in [0, 0.05) is 18.5 Å². The maximum atomic E-state index is 12.2.